The number of carbonyl (C=O) groups excluding carboxylic acids is 3. The molecule has 33 heavy (non-hydrogen) atoms. The van der Waals surface area contributed by atoms with Crippen molar-refractivity contribution in [3.05, 3.63) is 94.9 Å². The Morgan fingerprint density at radius 3 is 2.48 bits per heavy atom. The van der Waals surface area contributed by atoms with Gasteiger partial charge in [0, 0.05) is 5.69 Å². The lowest BCUT2D eigenvalue weighted by atomic mass is 10.2. The molecule has 2 N–H and O–H groups in total. The Balaban J connectivity index is 1.40. The molecule has 0 aliphatic carbocycles. The van der Waals surface area contributed by atoms with Gasteiger partial charge in [-0.2, -0.15) is 0 Å². The molecule has 1 heterocycles. The number of benzene rings is 3. The number of halogens is 2. The molecule has 0 unspecified atom stereocenters. The maximum Gasteiger partial charge on any atom is 0.333 e. The molecule has 9 heteroatoms. The van der Waals surface area contributed by atoms with Crippen molar-refractivity contribution in [1.82, 2.24) is 5.32 Å². The summed E-state index contributed by atoms with van der Waals surface area (Å²) in [7, 11) is 0. The number of anilines is 2. The first-order chi connectivity index (χ1) is 15.9. The third kappa shape index (κ3) is 5.19. The lowest BCUT2D eigenvalue weighted by Crippen LogP contribution is -2.30. The van der Waals surface area contributed by atoms with Crippen LogP contribution in [0.4, 0.5) is 20.6 Å². The Kier molecular flexibility index (Phi) is 6.37. The second kappa shape index (κ2) is 9.54. The minimum Gasteiger partial charge on any atom is -0.482 e. The number of ether oxygens (including phenoxy) is 1. The van der Waals surface area contributed by atoms with Crippen molar-refractivity contribution >= 4 is 46.9 Å². The number of hydrogen-bond donors (Lipinski definition) is 2. The van der Waals surface area contributed by atoms with Gasteiger partial charge in [-0.1, -0.05) is 35.9 Å². The lowest BCUT2D eigenvalue weighted by Gasteiger charge is -2.11. The van der Waals surface area contributed by atoms with Crippen LogP contribution >= 0.6 is 11.6 Å². The molecule has 4 amide bonds. The fraction of sp³-hybridized carbons (Fsp3) is 0.0417. The molecule has 0 spiro atoms. The van der Waals surface area contributed by atoms with Gasteiger partial charge in [-0.15, -0.1) is 0 Å². The normalized spacial score (nSPS) is 14.4. The maximum absolute atomic E-state index is 12.9. The summed E-state index contributed by atoms with van der Waals surface area (Å²) >= 11 is 6.26. The highest BCUT2D eigenvalue weighted by Crippen LogP contribution is 2.28. The summed E-state index contributed by atoms with van der Waals surface area (Å²) in [6.45, 7) is -0.307. The third-order valence-electron chi connectivity index (χ3n) is 4.65. The van der Waals surface area contributed by atoms with Crippen LogP contribution in [0.25, 0.3) is 6.08 Å². The van der Waals surface area contributed by atoms with Gasteiger partial charge in [0.05, 0.1) is 10.7 Å². The van der Waals surface area contributed by atoms with Crippen molar-refractivity contribution < 1.29 is 23.5 Å². The quantitative estimate of drug-likeness (QED) is 0.411. The monoisotopic (exact) mass is 465 g/mol. The highest BCUT2D eigenvalue weighted by molar-refractivity contribution is 6.32. The summed E-state index contributed by atoms with van der Waals surface area (Å²) in [6, 6.07) is 18.1. The Morgan fingerprint density at radius 1 is 1.06 bits per heavy atom. The summed E-state index contributed by atoms with van der Waals surface area (Å²) < 4.78 is 18.4. The van der Waals surface area contributed by atoms with Gasteiger partial charge in [0.25, 0.3) is 11.8 Å². The Bertz CT molecular complexity index is 1250. The number of hydrogen-bond acceptors (Lipinski definition) is 4. The van der Waals surface area contributed by atoms with Crippen molar-refractivity contribution in [1.29, 1.82) is 0 Å². The second-order valence-corrected chi connectivity index (χ2v) is 7.41. The zero-order chi connectivity index (χ0) is 23.4. The molecule has 1 aliphatic heterocycles. The van der Waals surface area contributed by atoms with Crippen LogP contribution in [0.2, 0.25) is 5.02 Å². The average Bonchev–Trinajstić information content (AvgIpc) is 3.08. The largest absolute Gasteiger partial charge is 0.482 e. The second-order valence-electron chi connectivity index (χ2n) is 7.00. The molecule has 4 rings (SSSR count). The van der Waals surface area contributed by atoms with E-state index in [4.69, 9.17) is 16.3 Å². The zero-order valence-electron chi connectivity index (χ0n) is 17.0. The predicted octanol–water partition coefficient (Wildman–Crippen LogP) is 4.59. The number of rotatable bonds is 6. The van der Waals surface area contributed by atoms with E-state index in [9.17, 15) is 18.8 Å². The maximum atomic E-state index is 12.9. The predicted molar refractivity (Wildman–Crippen MR) is 122 cm³/mol. The van der Waals surface area contributed by atoms with Gasteiger partial charge in [0.1, 0.15) is 17.3 Å². The van der Waals surface area contributed by atoms with Crippen LogP contribution < -0.4 is 20.3 Å². The number of imide groups is 1. The number of carbonyl (C=O) groups is 3. The van der Waals surface area contributed by atoms with Gasteiger partial charge < -0.3 is 15.4 Å². The minimum absolute atomic E-state index is 0.104. The third-order valence-corrected chi connectivity index (χ3v) is 4.94. The highest BCUT2D eigenvalue weighted by Gasteiger charge is 2.34. The van der Waals surface area contributed by atoms with E-state index < -0.39 is 23.7 Å². The van der Waals surface area contributed by atoms with Crippen LogP contribution in [0.15, 0.2) is 78.5 Å². The van der Waals surface area contributed by atoms with E-state index >= 15 is 0 Å². The fourth-order valence-electron chi connectivity index (χ4n) is 3.11. The molecule has 0 radical (unpaired) electrons. The van der Waals surface area contributed by atoms with E-state index in [-0.39, 0.29) is 23.1 Å². The van der Waals surface area contributed by atoms with Crippen LogP contribution in [0, 0.1) is 5.82 Å². The standard InChI is InChI=1S/C24H17ClFN3O4/c25-19-12-15(13-20-23(31)29(24(32)28-20)18-4-2-1-3-5-18)6-11-21(19)33-14-22(30)27-17-9-7-16(26)8-10-17/h1-13H,14H2,(H,27,30)(H,28,32). The van der Waals surface area contributed by atoms with Crippen molar-refractivity contribution in [2.24, 2.45) is 0 Å². The topological polar surface area (TPSA) is 87.7 Å². The highest BCUT2D eigenvalue weighted by atomic mass is 35.5. The molecule has 0 saturated carbocycles. The van der Waals surface area contributed by atoms with Crippen molar-refractivity contribution in [3.8, 4) is 5.75 Å². The van der Waals surface area contributed by atoms with Crippen molar-refractivity contribution in [2.45, 2.75) is 0 Å². The molecule has 0 bridgehead atoms. The molecule has 3 aromatic rings. The fourth-order valence-corrected chi connectivity index (χ4v) is 3.35. The van der Waals surface area contributed by atoms with E-state index in [0.717, 1.165) is 4.90 Å². The molecule has 0 atom stereocenters. The first-order valence-electron chi connectivity index (χ1n) is 9.80. The van der Waals surface area contributed by atoms with Crippen LogP contribution in [0.1, 0.15) is 5.56 Å². The molecular formula is C24H17ClFN3O4. The van der Waals surface area contributed by atoms with Crippen LogP contribution in [0.3, 0.4) is 0 Å². The van der Waals surface area contributed by atoms with E-state index in [1.165, 1.54) is 30.3 Å². The number of para-hydroxylation sites is 1. The van der Waals surface area contributed by atoms with Crippen molar-refractivity contribution in [3.63, 3.8) is 0 Å². The molecule has 0 aromatic heterocycles. The molecule has 7 nitrogen and oxygen atoms in total. The first kappa shape index (κ1) is 22.0. The zero-order valence-corrected chi connectivity index (χ0v) is 17.8. The summed E-state index contributed by atoms with van der Waals surface area (Å²) in [5.74, 6) is -1.07. The van der Waals surface area contributed by atoms with Gasteiger partial charge in [0.2, 0.25) is 0 Å². The molecule has 1 fully saturated rings. The number of nitrogens with one attached hydrogen (secondary N) is 2. The van der Waals surface area contributed by atoms with Crippen molar-refractivity contribution in [2.75, 3.05) is 16.8 Å². The minimum atomic E-state index is -0.546. The lowest BCUT2D eigenvalue weighted by molar-refractivity contribution is -0.118. The van der Waals surface area contributed by atoms with Gasteiger partial charge in [-0.3, -0.25) is 9.59 Å². The molecular weight excluding hydrogens is 449 g/mol. The van der Waals surface area contributed by atoms with Gasteiger partial charge in [-0.05, 0) is 60.2 Å². The molecule has 3 aromatic carbocycles. The average molecular weight is 466 g/mol. The molecule has 1 aliphatic rings. The SMILES string of the molecule is O=C(COc1ccc(C=C2NC(=O)N(c3ccccc3)C2=O)cc1Cl)Nc1ccc(F)cc1. The van der Waals surface area contributed by atoms with E-state index in [1.807, 2.05) is 0 Å². The Morgan fingerprint density at radius 2 is 1.79 bits per heavy atom. The summed E-state index contributed by atoms with van der Waals surface area (Å²) in [4.78, 5) is 38.0. The van der Waals surface area contributed by atoms with E-state index in [1.54, 1.807) is 48.5 Å². The Labute approximate surface area is 193 Å². The van der Waals surface area contributed by atoms with Crippen LogP contribution in [-0.2, 0) is 9.59 Å². The number of amides is 4. The number of nitrogens with zero attached hydrogens (tertiary/aromatic N) is 1. The van der Waals surface area contributed by atoms with Gasteiger partial charge in [-0.25, -0.2) is 14.1 Å². The van der Waals surface area contributed by atoms with Crippen LogP contribution in [0.5, 0.6) is 5.75 Å². The van der Waals surface area contributed by atoms with E-state index in [0.29, 0.717) is 16.9 Å². The van der Waals surface area contributed by atoms with Crippen LogP contribution in [-0.4, -0.2) is 24.5 Å². The Hall–Kier alpha value is -4.17. The van der Waals surface area contributed by atoms with Gasteiger partial charge in [0.15, 0.2) is 6.61 Å². The first-order valence-corrected chi connectivity index (χ1v) is 10.2. The summed E-state index contributed by atoms with van der Waals surface area (Å²) in [6.07, 6.45) is 1.50. The summed E-state index contributed by atoms with van der Waals surface area (Å²) in [5, 5.41) is 5.35. The molecule has 1 saturated heterocycles. The molecule has 166 valence electrons. The van der Waals surface area contributed by atoms with E-state index in [2.05, 4.69) is 10.6 Å². The number of urea groups is 1. The smallest absolute Gasteiger partial charge is 0.333 e. The van der Waals surface area contributed by atoms with Gasteiger partial charge >= 0.3 is 6.03 Å². The summed E-state index contributed by atoms with van der Waals surface area (Å²) in [5.41, 5.74) is 1.56.